The van der Waals surface area contributed by atoms with Crippen molar-refractivity contribution in [2.45, 2.75) is 18.8 Å². The maximum absolute atomic E-state index is 11.5. The van der Waals surface area contributed by atoms with E-state index in [2.05, 4.69) is 15.0 Å². The number of amides is 1. The Morgan fingerprint density at radius 1 is 1.67 bits per heavy atom. The van der Waals surface area contributed by atoms with Crippen molar-refractivity contribution < 1.29 is 26.0 Å². The number of ether oxygens (including phenoxy) is 1. The number of rotatable bonds is 5. The van der Waals surface area contributed by atoms with Gasteiger partial charge in [0.1, 0.15) is 6.56 Å². The summed E-state index contributed by atoms with van der Waals surface area (Å²) < 4.78 is 101. The van der Waals surface area contributed by atoms with E-state index in [-0.39, 0.29) is 21.4 Å². The summed E-state index contributed by atoms with van der Waals surface area (Å²) in [7, 11) is 0.887. The highest BCUT2D eigenvalue weighted by Crippen LogP contribution is 2.21. The van der Waals surface area contributed by atoms with E-state index in [0.29, 0.717) is 0 Å². The number of aromatic nitrogens is 1. The van der Waals surface area contributed by atoms with Crippen molar-refractivity contribution in [3.05, 3.63) is 35.5 Å². The van der Waals surface area contributed by atoms with Crippen LogP contribution in [0.3, 0.4) is 0 Å². The van der Waals surface area contributed by atoms with Crippen LogP contribution in [-0.2, 0) is 17.5 Å². The smallest absolute Gasteiger partial charge is 0.407 e. The first-order valence-corrected chi connectivity index (χ1v) is 6.11. The number of alkyl carbamates (subject to hydrolysis) is 1. The summed E-state index contributed by atoms with van der Waals surface area (Å²) in [4.78, 5) is 14.3. The highest BCUT2D eigenvalue weighted by Gasteiger charge is 2.22. The molecule has 1 atom stereocenters. The fourth-order valence-corrected chi connectivity index (χ4v) is 1.91. The number of carbonyl (C=O) groups is 1. The average Bonchev–Trinajstić information content (AvgIpc) is 3.13. The molecule has 1 amide bonds. The number of nitrogens with zero attached hydrogens (tertiary/aromatic N) is 1. The highest BCUT2D eigenvalue weighted by molar-refractivity contribution is 5.84. The predicted octanol–water partition coefficient (Wildman–Crippen LogP) is 1.92. The molecule has 5 heteroatoms. The van der Waals surface area contributed by atoms with Gasteiger partial charge in [-0.1, -0.05) is 6.07 Å². The van der Waals surface area contributed by atoms with Crippen LogP contribution in [0.1, 0.15) is 27.6 Å². The molecule has 0 radical (unpaired) electrons. The third-order valence-electron chi connectivity index (χ3n) is 2.80. The number of hydrogen-bond acceptors (Lipinski definition) is 3. The van der Waals surface area contributed by atoms with Crippen LogP contribution in [0.2, 0.25) is 0 Å². The molecule has 2 aromatic rings. The van der Waals surface area contributed by atoms with Crippen LogP contribution in [0.4, 0.5) is 4.79 Å². The lowest BCUT2D eigenvalue weighted by molar-refractivity contribution is 0.177. The second-order valence-corrected chi connectivity index (χ2v) is 4.41. The molecule has 5 nitrogen and oxygen atoms in total. The monoisotopic (exact) mass is 299 g/mol. The minimum absolute atomic E-state index is 0.0972. The minimum Gasteiger partial charge on any atom is -0.447 e. The Labute approximate surface area is 141 Å². The van der Waals surface area contributed by atoms with Crippen LogP contribution < -0.4 is 5.32 Å². The van der Waals surface area contributed by atoms with E-state index in [1.807, 2.05) is 0 Å². The van der Waals surface area contributed by atoms with E-state index >= 15 is 0 Å². The maximum atomic E-state index is 11.5. The Bertz CT molecular complexity index is 1090. The van der Waals surface area contributed by atoms with Gasteiger partial charge in [0.15, 0.2) is 0 Å². The Balaban J connectivity index is 2.17. The molecule has 1 aliphatic rings. The Morgan fingerprint density at radius 2 is 2.57 bits per heavy atom. The standard InChI is InChI=1S/C16H21N3O2/c1-19(2)6-5-12-9-17-15-4-3-11(8-14(12)15)7-13-10-21-16(20)18-13/h3-4,8-9,13,17H,5-7,10H2,1-2H3,(H,18,20)/t13-/m0/s1/i1D3,5D2,6D2,7D2,9D,10D2. The van der Waals surface area contributed by atoms with Crippen LogP contribution >= 0.6 is 0 Å². The number of aryl methyl sites for hydroxylation is 1. The molecule has 0 spiro atoms. The highest BCUT2D eigenvalue weighted by atomic mass is 16.6. The fourth-order valence-electron chi connectivity index (χ4n) is 1.91. The van der Waals surface area contributed by atoms with E-state index < -0.39 is 56.6 Å². The van der Waals surface area contributed by atoms with Gasteiger partial charge in [-0.25, -0.2) is 4.79 Å². The normalized spacial score (nSPS) is 31.7. The van der Waals surface area contributed by atoms with Gasteiger partial charge in [0.2, 0.25) is 0 Å². The van der Waals surface area contributed by atoms with Crippen molar-refractivity contribution in [1.29, 1.82) is 0 Å². The third kappa shape index (κ3) is 3.19. The zero-order valence-corrected chi connectivity index (χ0v) is 11.1. The SMILES string of the molecule is [2H]c1[nH]c2ccc(C([2H])([2H])[C@@H]3NC(=O)OC3([2H])[2H])cc2c1C([2H])([2H])C([2H])([2H])N(C)C([2H])([2H])[2H]. The Morgan fingerprint density at radius 3 is 3.33 bits per heavy atom. The van der Waals surface area contributed by atoms with Gasteiger partial charge in [0.05, 0.1) is 10.2 Å². The number of carbonyl (C=O) groups excluding carboxylic acids is 1. The molecule has 0 bridgehead atoms. The van der Waals surface area contributed by atoms with Gasteiger partial charge in [0.25, 0.3) is 0 Å². The molecule has 21 heavy (non-hydrogen) atoms. The van der Waals surface area contributed by atoms with E-state index in [0.717, 1.165) is 13.1 Å². The lowest BCUT2D eigenvalue weighted by atomic mass is 10.0. The Hall–Kier alpha value is -2.01. The van der Waals surface area contributed by atoms with Crippen LogP contribution in [0.5, 0.6) is 0 Å². The molecule has 2 heterocycles. The number of fused-ring (bicyclic) bond motifs is 1. The molecule has 1 fully saturated rings. The fraction of sp³-hybridized carbons (Fsp3) is 0.438. The Kier molecular flexibility index (Phi) is 1.55. The summed E-state index contributed by atoms with van der Waals surface area (Å²) >= 11 is 0. The van der Waals surface area contributed by atoms with E-state index in [1.165, 1.54) is 12.1 Å². The van der Waals surface area contributed by atoms with Crippen LogP contribution in [0, 0.1) is 0 Å². The van der Waals surface area contributed by atoms with Crippen molar-refractivity contribution in [2.24, 2.45) is 0 Å². The van der Waals surface area contributed by atoms with Crippen molar-refractivity contribution >= 4 is 17.0 Å². The molecule has 0 saturated carbocycles. The molecule has 1 aromatic heterocycles. The summed E-state index contributed by atoms with van der Waals surface area (Å²) in [6, 6.07) is 1.92. The number of nitrogens with one attached hydrogen (secondary N) is 2. The largest absolute Gasteiger partial charge is 0.447 e. The maximum Gasteiger partial charge on any atom is 0.407 e. The quantitative estimate of drug-likeness (QED) is 0.887. The van der Waals surface area contributed by atoms with E-state index in [4.69, 9.17) is 16.4 Å². The first-order valence-electron chi connectivity index (χ1n) is 12.1. The van der Waals surface area contributed by atoms with Gasteiger partial charge in [-0.05, 0) is 50.0 Å². The zero-order chi connectivity index (χ0) is 25.4. The van der Waals surface area contributed by atoms with Gasteiger partial charge in [-0.15, -0.1) is 0 Å². The van der Waals surface area contributed by atoms with Gasteiger partial charge in [-0.3, -0.25) is 0 Å². The number of benzene rings is 1. The topological polar surface area (TPSA) is 57.4 Å². The molecule has 0 aliphatic carbocycles. The summed E-state index contributed by atoms with van der Waals surface area (Å²) in [6.07, 6.45) is -7.29. The molecule has 3 rings (SSSR count). The molecule has 112 valence electrons. The lowest BCUT2D eigenvalue weighted by Crippen LogP contribution is -2.28. The van der Waals surface area contributed by atoms with Crippen molar-refractivity contribution in [2.75, 3.05) is 27.1 Å². The molecular formula is C16H21N3O2. The summed E-state index contributed by atoms with van der Waals surface area (Å²) in [5, 5.41) is 1.98. The zero-order valence-electron chi connectivity index (χ0n) is 23.1. The van der Waals surface area contributed by atoms with Crippen LogP contribution in [0.25, 0.3) is 10.9 Å². The molecule has 1 aliphatic heterocycles. The number of H-pyrrole nitrogens is 1. The van der Waals surface area contributed by atoms with Gasteiger partial charge in [0, 0.05) is 35.9 Å². The van der Waals surface area contributed by atoms with Gasteiger partial charge in [-0.2, -0.15) is 0 Å². The van der Waals surface area contributed by atoms with Gasteiger partial charge < -0.3 is 19.9 Å². The minimum atomic E-state index is -3.11. The summed E-state index contributed by atoms with van der Waals surface area (Å²) in [5.41, 5.74) is -0.582. The van der Waals surface area contributed by atoms with E-state index in [1.54, 1.807) is 0 Å². The van der Waals surface area contributed by atoms with Crippen molar-refractivity contribution in [1.82, 2.24) is 15.2 Å². The summed E-state index contributed by atoms with van der Waals surface area (Å²) in [6.45, 7) is -8.78. The molecular weight excluding hydrogens is 266 g/mol. The first kappa shape index (κ1) is 5.65. The number of hydrogen-bond donors (Lipinski definition) is 2. The molecule has 1 aromatic carbocycles. The first-order chi connectivity index (χ1) is 14.7. The lowest BCUT2D eigenvalue weighted by Gasteiger charge is -2.09. The number of likely N-dealkylation sites (N-methyl/N-ethyl adjacent to an activating group) is 1. The second-order valence-electron chi connectivity index (χ2n) is 4.41. The molecule has 1 saturated heterocycles. The van der Waals surface area contributed by atoms with Crippen LogP contribution in [-0.4, -0.2) is 49.1 Å². The van der Waals surface area contributed by atoms with E-state index in [9.17, 15) is 4.79 Å². The average molecular weight is 299 g/mol. The van der Waals surface area contributed by atoms with Crippen LogP contribution in [0.15, 0.2) is 24.4 Å². The molecule has 2 N–H and O–H groups in total. The number of aromatic amines is 1. The van der Waals surface area contributed by atoms with Crippen molar-refractivity contribution in [3.8, 4) is 0 Å². The summed E-state index contributed by atoms with van der Waals surface area (Å²) in [5.74, 6) is 0. The predicted molar refractivity (Wildman–Crippen MR) is 82.5 cm³/mol. The van der Waals surface area contributed by atoms with Gasteiger partial charge >= 0.3 is 6.09 Å². The second kappa shape index (κ2) is 5.77. The number of cyclic esters (lactones) is 1. The molecule has 0 unspecified atom stereocenters. The third-order valence-corrected chi connectivity index (χ3v) is 2.80. The van der Waals surface area contributed by atoms with Crippen molar-refractivity contribution in [3.63, 3.8) is 0 Å².